The minimum Gasteiger partial charge on any atom is -0.494 e. The van der Waals surface area contributed by atoms with E-state index in [1.807, 2.05) is 44.3 Å². The summed E-state index contributed by atoms with van der Waals surface area (Å²) in [6, 6.07) is 12.1. The van der Waals surface area contributed by atoms with Gasteiger partial charge in [0.05, 0.1) is 6.61 Å². The fraction of sp³-hybridized carbons (Fsp3) is 0.267. The molecule has 0 bridgehead atoms. The third-order valence-corrected chi connectivity index (χ3v) is 2.60. The third kappa shape index (κ3) is 3.48. The molecule has 0 atom stereocenters. The molecule has 1 aromatic carbocycles. The Balaban J connectivity index is 1.99. The van der Waals surface area contributed by atoms with Crippen molar-refractivity contribution < 1.29 is 4.74 Å². The predicted octanol–water partition coefficient (Wildman–Crippen LogP) is 3.40. The zero-order valence-corrected chi connectivity index (χ0v) is 10.8. The second-order valence-corrected chi connectivity index (χ2v) is 4.12. The normalized spacial score (nSPS) is 10.1. The Morgan fingerprint density at radius 3 is 2.89 bits per heavy atom. The summed E-state index contributed by atoms with van der Waals surface area (Å²) >= 11 is 0. The number of rotatable bonds is 5. The first-order valence-electron chi connectivity index (χ1n) is 6.16. The molecule has 2 rings (SSSR count). The van der Waals surface area contributed by atoms with Crippen LogP contribution in [0.1, 0.15) is 18.2 Å². The molecular weight excluding hydrogens is 224 g/mol. The maximum absolute atomic E-state index is 5.48. The molecule has 0 aliphatic carbocycles. The molecule has 0 radical (unpaired) electrons. The molecule has 0 spiro atoms. The van der Waals surface area contributed by atoms with Gasteiger partial charge in [0, 0.05) is 24.1 Å². The highest BCUT2D eigenvalue weighted by Gasteiger charge is 1.97. The number of benzene rings is 1. The Morgan fingerprint density at radius 1 is 1.22 bits per heavy atom. The van der Waals surface area contributed by atoms with E-state index in [0.717, 1.165) is 23.7 Å². The van der Waals surface area contributed by atoms with E-state index in [1.165, 1.54) is 5.56 Å². The zero-order valence-electron chi connectivity index (χ0n) is 10.8. The Bertz CT molecular complexity index is 511. The van der Waals surface area contributed by atoms with Crippen molar-refractivity contribution in [1.82, 2.24) is 4.98 Å². The van der Waals surface area contributed by atoms with Crippen LogP contribution in [-0.2, 0) is 6.54 Å². The van der Waals surface area contributed by atoms with Gasteiger partial charge in [-0.1, -0.05) is 12.1 Å². The number of aryl methyl sites for hydroxylation is 1. The molecule has 0 aliphatic heterocycles. The first-order chi connectivity index (χ1) is 8.78. The van der Waals surface area contributed by atoms with Gasteiger partial charge in [0.1, 0.15) is 5.75 Å². The molecule has 2 aromatic rings. The number of hydrogen-bond donors (Lipinski definition) is 1. The monoisotopic (exact) mass is 242 g/mol. The minimum absolute atomic E-state index is 0.695. The van der Waals surface area contributed by atoms with Crippen molar-refractivity contribution in [2.45, 2.75) is 20.4 Å². The number of hydrogen-bond acceptors (Lipinski definition) is 3. The van der Waals surface area contributed by atoms with Gasteiger partial charge in [-0.15, -0.1) is 0 Å². The van der Waals surface area contributed by atoms with Crippen LogP contribution in [0.5, 0.6) is 5.75 Å². The van der Waals surface area contributed by atoms with Gasteiger partial charge in [-0.25, -0.2) is 0 Å². The van der Waals surface area contributed by atoms with E-state index in [9.17, 15) is 0 Å². The van der Waals surface area contributed by atoms with Gasteiger partial charge < -0.3 is 10.1 Å². The summed E-state index contributed by atoms with van der Waals surface area (Å²) in [6.45, 7) is 5.45. The van der Waals surface area contributed by atoms with Crippen molar-refractivity contribution in [2.75, 3.05) is 11.9 Å². The van der Waals surface area contributed by atoms with Crippen LogP contribution in [0.2, 0.25) is 0 Å². The van der Waals surface area contributed by atoms with E-state index in [0.29, 0.717) is 6.61 Å². The largest absolute Gasteiger partial charge is 0.494 e. The molecule has 18 heavy (non-hydrogen) atoms. The Hall–Kier alpha value is -2.03. The molecule has 3 nitrogen and oxygen atoms in total. The van der Waals surface area contributed by atoms with Crippen LogP contribution in [0.3, 0.4) is 0 Å². The van der Waals surface area contributed by atoms with E-state index in [4.69, 9.17) is 4.74 Å². The van der Waals surface area contributed by atoms with E-state index in [-0.39, 0.29) is 0 Å². The quantitative estimate of drug-likeness (QED) is 0.872. The Labute approximate surface area is 108 Å². The Morgan fingerprint density at radius 2 is 2.11 bits per heavy atom. The van der Waals surface area contributed by atoms with Gasteiger partial charge in [0.2, 0.25) is 0 Å². The first kappa shape index (κ1) is 12.4. The molecule has 0 unspecified atom stereocenters. The maximum atomic E-state index is 5.48. The van der Waals surface area contributed by atoms with E-state index in [1.54, 1.807) is 0 Å². The van der Waals surface area contributed by atoms with Crippen LogP contribution < -0.4 is 10.1 Å². The lowest BCUT2D eigenvalue weighted by molar-refractivity contribution is 0.340. The van der Waals surface area contributed by atoms with Crippen molar-refractivity contribution in [3.05, 3.63) is 53.9 Å². The summed E-state index contributed by atoms with van der Waals surface area (Å²) < 4.78 is 5.48. The van der Waals surface area contributed by atoms with Gasteiger partial charge >= 0.3 is 0 Å². The second kappa shape index (κ2) is 6.05. The van der Waals surface area contributed by atoms with Crippen molar-refractivity contribution in [1.29, 1.82) is 0 Å². The van der Waals surface area contributed by atoms with Crippen LogP contribution in [0.15, 0.2) is 42.6 Å². The topological polar surface area (TPSA) is 34.1 Å². The highest BCUT2D eigenvalue weighted by molar-refractivity contribution is 5.44. The van der Waals surface area contributed by atoms with Crippen LogP contribution in [0.4, 0.5) is 5.69 Å². The number of aromatic nitrogens is 1. The van der Waals surface area contributed by atoms with Gasteiger partial charge in [-0.2, -0.15) is 0 Å². The molecule has 1 N–H and O–H groups in total. The van der Waals surface area contributed by atoms with Crippen LogP contribution >= 0.6 is 0 Å². The predicted molar refractivity (Wildman–Crippen MR) is 73.9 cm³/mol. The lowest BCUT2D eigenvalue weighted by atomic mass is 10.2. The number of nitrogens with one attached hydrogen (secondary N) is 1. The van der Waals surface area contributed by atoms with E-state index in [2.05, 4.69) is 22.4 Å². The average molecular weight is 242 g/mol. The molecule has 0 saturated carbocycles. The Kier molecular flexibility index (Phi) is 4.18. The smallest absolute Gasteiger partial charge is 0.119 e. The maximum Gasteiger partial charge on any atom is 0.119 e. The lowest BCUT2D eigenvalue weighted by Gasteiger charge is -2.09. The fourth-order valence-electron chi connectivity index (χ4n) is 1.77. The number of nitrogens with zero attached hydrogens (tertiary/aromatic N) is 1. The number of anilines is 1. The standard InChI is InChI=1S/C15H18N2O/c1-3-18-15-6-4-5-13(10-15)11-17-14-7-8-16-12(2)9-14/h4-10H,3,11H2,1-2H3,(H,16,17). The molecule has 0 saturated heterocycles. The van der Waals surface area contributed by atoms with Gasteiger partial charge in [-0.3, -0.25) is 4.98 Å². The van der Waals surface area contributed by atoms with Crippen molar-refractivity contribution >= 4 is 5.69 Å². The van der Waals surface area contributed by atoms with E-state index >= 15 is 0 Å². The van der Waals surface area contributed by atoms with E-state index < -0.39 is 0 Å². The van der Waals surface area contributed by atoms with Crippen molar-refractivity contribution in [3.8, 4) is 5.75 Å². The third-order valence-electron chi connectivity index (χ3n) is 2.60. The molecular formula is C15H18N2O. The molecule has 0 aliphatic rings. The highest BCUT2D eigenvalue weighted by Crippen LogP contribution is 2.15. The van der Waals surface area contributed by atoms with Gasteiger partial charge in [0.25, 0.3) is 0 Å². The second-order valence-electron chi connectivity index (χ2n) is 4.12. The molecule has 94 valence electrons. The SMILES string of the molecule is CCOc1cccc(CNc2ccnc(C)c2)c1. The summed E-state index contributed by atoms with van der Waals surface area (Å²) in [5.41, 5.74) is 3.31. The lowest BCUT2D eigenvalue weighted by Crippen LogP contribution is -2.00. The summed E-state index contributed by atoms with van der Waals surface area (Å²) in [6.07, 6.45) is 1.81. The highest BCUT2D eigenvalue weighted by atomic mass is 16.5. The number of pyridine rings is 1. The molecule has 1 heterocycles. The number of ether oxygens (including phenoxy) is 1. The van der Waals surface area contributed by atoms with Crippen molar-refractivity contribution in [3.63, 3.8) is 0 Å². The van der Waals surface area contributed by atoms with Crippen molar-refractivity contribution in [2.24, 2.45) is 0 Å². The fourth-order valence-corrected chi connectivity index (χ4v) is 1.77. The van der Waals surface area contributed by atoms with Gasteiger partial charge in [0.15, 0.2) is 0 Å². The summed E-state index contributed by atoms with van der Waals surface area (Å²) in [7, 11) is 0. The molecule has 0 fully saturated rings. The molecule has 1 aromatic heterocycles. The average Bonchev–Trinajstić information content (AvgIpc) is 2.37. The summed E-state index contributed by atoms with van der Waals surface area (Å²) in [5.74, 6) is 0.919. The first-order valence-corrected chi connectivity index (χ1v) is 6.16. The molecule has 3 heteroatoms. The van der Waals surface area contributed by atoms with Crippen LogP contribution in [-0.4, -0.2) is 11.6 Å². The molecule has 0 amide bonds. The summed E-state index contributed by atoms with van der Waals surface area (Å²) in [4.78, 5) is 4.17. The van der Waals surface area contributed by atoms with Crippen LogP contribution in [0, 0.1) is 6.92 Å². The van der Waals surface area contributed by atoms with Crippen LogP contribution in [0.25, 0.3) is 0 Å². The summed E-state index contributed by atoms with van der Waals surface area (Å²) in [5, 5.41) is 3.38. The zero-order chi connectivity index (χ0) is 12.8. The van der Waals surface area contributed by atoms with Gasteiger partial charge in [-0.05, 0) is 43.7 Å². The minimum atomic E-state index is 0.695.